The molecule has 0 fully saturated rings. The van der Waals surface area contributed by atoms with Gasteiger partial charge in [0.25, 0.3) is 0 Å². The van der Waals surface area contributed by atoms with Gasteiger partial charge >= 0.3 is 5.63 Å². The number of aryl methyl sites for hydroxylation is 1. The van der Waals surface area contributed by atoms with Crippen LogP contribution in [0.4, 0.5) is 0 Å². The minimum absolute atomic E-state index is 0.376. The normalized spacial score (nSPS) is 10.6. The van der Waals surface area contributed by atoms with Gasteiger partial charge in [-0.05, 0) is 31.1 Å². The fourth-order valence-electron chi connectivity index (χ4n) is 1.63. The van der Waals surface area contributed by atoms with Crippen LogP contribution in [0.15, 0.2) is 39.6 Å². The molecular formula is C14H13ClO3. The first-order chi connectivity index (χ1) is 8.47. The molecule has 0 spiro atoms. The standard InChI is InChI=1S/C14H13ClO3/c1-8(2)7-17-13-6-12-10(5-11(13)15)9(3)4-14(16)18-12/h4-6H,1,7H2,2-3H3. The van der Waals surface area contributed by atoms with Crippen LogP contribution in [0.1, 0.15) is 12.5 Å². The first kappa shape index (κ1) is 12.7. The average Bonchev–Trinajstić information content (AvgIpc) is 2.27. The average molecular weight is 265 g/mol. The number of fused-ring (bicyclic) bond motifs is 1. The zero-order valence-corrected chi connectivity index (χ0v) is 11.0. The van der Waals surface area contributed by atoms with Crippen molar-refractivity contribution in [2.45, 2.75) is 13.8 Å². The Labute approximate surface area is 110 Å². The Bertz CT molecular complexity index is 671. The molecule has 0 atom stereocenters. The summed E-state index contributed by atoms with van der Waals surface area (Å²) in [6, 6.07) is 4.81. The van der Waals surface area contributed by atoms with Crippen LogP contribution in [-0.4, -0.2) is 6.61 Å². The number of benzene rings is 1. The minimum Gasteiger partial charge on any atom is -0.488 e. The van der Waals surface area contributed by atoms with Crippen molar-refractivity contribution >= 4 is 22.6 Å². The van der Waals surface area contributed by atoms with Crippen molar-refractivity contribution in [3.8, 4) is 5.75 Å². The predicted molar refractivity (Wildman–Crippen MR) is 72.5 cm³/mol. The smallest absolute Gasteiger partial charge is 0.336 e. The molecule has 94 valence electrons. The molecule has 0 saturated heterocycles. The van der Waals surface area contributed by atoms with Crippen molar-refractivity contribution in [1.29, 1.82) is 0 Å². The number of rotatable bonds is 3. The maximum absolute atomic E-state index is 11.3. The van der Waals surface area contributed by atoms with E-state index in [1.165, 1.54) is 6.07 Å². The third-order valence-electron chi connectivity index (χ3n) is 2.48. The largest absolute Gasteiger partial charge is 0.488 e. The van der Waals surface area contributed by atoms with Crippen molar-refractivity contribution in [3.05, 3.63) is 51.4 Å². The van der Waals surface area contributed by atoms with Crippen molar-refractivity contribution in [1.82, 2.24) is 0 Å². The van der Waals surface area contributed by atoms with Crippen LogP contribution in [0.3, 0.4) is 0 Å². The third-order valence-corrected chi connectivity index (χ3v) is 2.77. The SMILES string of the molecule is C=C(C)COc1cc2oc(=O)cc(C)c2cc1Cl. The molecule has 1 aromatic carbocycles. The molecule has 0 saturated carbocycles. The van der Waals surface area contributed by atoms with Crippen molar-refractivity contribution in [2.24, 2.45) is 0 Å². The van der Waals surface area contributed by atoms with Crippen LogP contribution in [-0.2, 0) is 0 Å². The van der Waals surface area contributed by atoms with Gasteiger partial charge in [0.05, 0.1) is 5.02 Å². The topological polar surface area (TPSA) is 39.4 Å². The zero-order chi connectivity index (χ0) is 13.3. The van der Waals surface area contributed by atoms with E-state index in [9.17, 15) is 4.79 Å². The Hall–Kier alpha value is -1.74. The Balaban J connectivity index is 2.53. The van der Waals surface area contributed by atoms with E-state index in [0.29, 0.717) is 23.0 Å². The lowest BCUT2D eigenvalue weighted by Crippen LogP contribution is -2.00. The Morgan fingerprint density at radius 2 is 2.17 bits per heavy atom. The van der Waals surface area contributed by atoms with Crippen molar-refractivity contribution < 1.29 is 9.15 Å². The maximum atomic E-state index is 11.3. The second-order valence-corrected chi connectivity index (χ2v) is 4.68. The molecule has 2 rings (SSSR count). The van der Waals surface area contributed by atoms with Crippen LogP contribution in [0.5, 0.6) is 5.75 Å². The van der Waals surface area contributed by atoms with Crippen molar-refractivity contribution in [3.63, 3.8) is 0 Å². The molecular weight excluding hydrogens is 252 g/mol. The Kier molecular flexibility index (Phi) is 3.43. The molecule has 1 aromatic heterocycles. The fraction of sp³-hybridized carbons (Fsp3) is 0.214. The summed E-state index contributed by atoms with van der Waals surface area (Å²) in [5, 5.41) is 1.29. The summed E-state index contributed by atoms with van der Waals surface area (Å²) < 4.78 is 10.6. The second-order valence-electron chi connectivity index (χ2n) is 4.27. The zero-order valence-electron chi connectivity index (χ0n) is 10.2. The maximum Gasteiger partial charge on any atom is 0.336 e. The van der Waals surface area contributed by atoms with E-state index < -0.39 is 0 Å². The van der Waals surface area contributed by atoms with Crippen LogP contribution < -0.4 is 10.4 Å². The van der Waals surface area contributed by atoms with E-state index in [1.807, 2.05) is 13.8 Å². The molecule has 1 heterocycles. The van der Waals surface area contributed by atoms with E-state index in [4.69, 9.17) is 20.8 Å². The molecule has 18 heavy (non-hydrogen) atoms. The number of halogens is 1. The lowest BCUT2D eigenvalue weighted by molar-refractivity contribution is 0.352. The lowest BCUT2D eigenvalue weighted by atomic mass is 10.1. The highest BCUT2D eigenvalue weighted by Gasteiger charge is 2.09. The van der Waals surface area contributed by atoms with Gasteiger partial charge in [0, 0.05) is 17.5 Å². The first-order valence-corrected chi connectivity index (χ1v) is 5.86. The quantitative estimate of drug-likeness (QED) is 0.627. The van der Waals surface area contributed by atoms with Crippen molar-refractivity contribution in [2.75, 3.05) is 6.61 Å². The van der Waals surface area contributed by atoms with Crippen LogP contribution in [0.2, 0.25) is 5.02 Å². The molecule has 0 aliphatic rings. The molecule has 3 nitrogen and oxygen atoms in total. The van der Waals surface area contributed by atoms with E-state index in [-0.39, 0.29) is 5.63 Å². The van der Waals surface area contributed by atoms with Gasteiger partial charge in [-0.3, -0.25) is 0 Å². The van der Waals surface area contributed by atoms with E-state index in [2.05, 4.69) is 6.58 Å². The number of hydrogen-bond donors (Lipinski definition) is 0. The van der Waals surface area contributed by atoms with E-state index in [1.54, 1.807) is 12.1 Å². The molecule has 0 bridgehead atoms. The molecule has 0 amide bonds. The van der Waals surface area contributed by atoms with Crippen LogP contribution >= 0.6 is 11.6 Å². The molecule has 4 heteroatoms. The Morgan fingerprint density at radius 1 is 1.44 bits per heavy atom. The van der Waals surface area contributed by atoms with Gasteiger partial charge in [0.2, 0.25) is 0 Å². The van der Waals surface area contributed by atoms with Gasteiger partial charge in [-0.15, -0.1) is 0 Å². The highest BCUT2D eigenvalue weighted by molar-refractivity contribution is 6.32. The number of hydrogen-bond acceptors (Lipinski definition) is 3. The van der Waals surface area contributed by atoms with Gasteiger partial charge in [0.15, 0.2) is 0 Å². The molecule has 0 unspecified atom stereocenters. The van der Waals surface area contributed by atoms with E-state index in [0.717, 1.165) is 16.5 Å². The molecule has 0 radical (unpaired) electrons. The first-order valence-electron chi connectivity index (χ1n) is 5.48. The predicted octanol–water partition coefficient (Wildman–Crippen LogP) is 3.71. The monoisotopic (exact) mass is 264 g/mol. The summed E-state index contributed by atoms with van der Waals surface area (Å²) in [6.45, 7) is 7.82. The van der Waals surface area contributed by atoms with E-state index >= 15 is 0 Å². The molecule has 0 aliphatic carbocycles. The summed E-state index contributed by atoms with van der Waals surface area (Å²) >= 11 is 6.12. The summed E-state index contributed by atoms with van der Waals surface area (Å²) in [4.78, 5) is 11.3. The number of ether oxygens (including phenoxy) is 1. The van der Waals surface area contributed by atoms with Crippen LogP contribution in [0, 0.1) is 6.92 Å². The summed E-state index contributed by atoms with van der Waals surface area (Å²) in [6.07, 6.45) is 0. The van der Waals surface area contributed by atoms with Gasteiger partial charge in [-0.1, -0.05) is 18.2 Å². The summed E-state index contributed by atoms with van der Waals surface area (Å²) in [7, 11) is 0. The van der Waals surface area contributed by atoms with Gasteiger partial charge in [-0.2, -0.15) is 0 Å². The minimum atomic E-state index is -0.381. The van der Waals surface area contributed by atoms with Crippen LogP contribution in [0.25, 0.3) is 11.0 Å². The third kappa shape index (κ3) is 2.57. The molecule has 0 N–H and O–H groups in total. The summed E-state index contributed by atoms with van der Waals surface area (Å²) in [5.74, 6) is 0.487. The lowest BCUT2D eigenvalue weighted by Gasteiger charge is -2.09. The van der Waals surface area contributed by atoms with Gasteiger partial charge in [-0.25, -0.2) is 4.79 Å². The highest BCUT2D eigenvalue weighted by Crippen LogP contribution is 2.31. The van der Waals surface area contributed by atoms with Gasteiger partial charge < -0.3 is 9.15 Å². The molecule has 0 aliphatic heterocycles. The summed E-state index contributed by atoms with van der Waals surface area (Å²) in [5.41, 5.74) is 1.81. The van der Waals surface area contributed by atoms with Gasteiger partial charge in [0.1, 0.15) is 17.9 Å². The Morgan fingerprint density at radius 3 is 2.83 bits per heavy atom. The second kappa shape index (κ2) is 4.86. The molecule has 2 aromatic rings. The fourth-order valence-corrected chi connectivity index (χ4v) is 1.85. The highest BCUT2D eigenvalue weighted by atomic mass is 35.5.